The van der Waals surface area contributed by atoms with E-state index in [-0.39, 0.29) is 34.3 Å². The fourth-order valence-electron chi connectivity index (χ4n) is 2.43. The van der Waals surface area contributed by atoms with Gasteiger partial charge in [0.15, 0.2) is 11.5 Å². The lowest BCUT2D eigenvalue weighted by atomic mass is 10.1. The fraction of sp³-hybridized carbons (Fsp3) is 0.0556. The molecule has 142 valence electrons. The van der Waals surface area contributed by atoms with Crippen LogP contribution >= 0.6 is 0 Å². The van der Waals surface area contributed by atoms with E-state index >= 15 is 0 Å². The molecule has 0 unspecified atom stereocenters. The Morgan fingerprint density at radius 2 is 2.04 bits per heavy atom. The van der Waals surface area contributed by atoms with Crippen molar-refractivity contribution < 1.29 is 14.8 Å². The Labute approximate surface area is 158 Å². The number of benzene rings is 2. The van der Waals surface area contributed by atoms with Crippen LogP contribution in [0.4, 0.5) is 11.6 Å². The predicted octanol–water partition coefficient (Wildman–Crippen LogP) is 2.51. The van der Waals surface area contributed by atoms with E-state index in [9.17, 15) is 20.0 Å². The van der Waals surface area contributed by atoms with Crippen molar-refractivity contribution in [2.24, 2.45) is 5.10 Å². The topological polar surface area (TPSA) is 143 Å². The number of nitrogens with zero attached hydrogens (tertiary/aromatic N) is 3. The van der Waals surface area contributed by atoms with E-state index < -0.39 is 4.92 Å². The van der Waals surface area contributed by atoms with Gasteiger partial charge >= 0.3 is 0 Å². The number of aromatic amines is 1. The highest BCUT2D eigenvalue weighted by atomic mass is 16.6. The Morgan fingerprint density at radius 3 is 2.71 bits per heavy atom. The number of hydrogen-bond donors (Lipinski definition) is 3. The zero-order valence-electron chi connectivity index (χ0n) is 14.6. The summed E-state index contributed by atoms with van der Waals surface area (Å²) in [5.41, 5.74) is 3.06. The molecule has 0 amide bonds. The summed E-state index contributed by atoms with van der Waals surface area (Å²) in [6.07, 6.45) is 1.13. The van der Waals surface area contributed by atoms with E-state index in [0.717, 1.165) is 23.9 Å². The Bertz CT molecular complexity index is 1100. The van der Waals surface area contributed by atoms with Gasteiger partial charge in [-0.25, -0.2) is 10.4 Å². The van der Waals surface area contributed by atoms with Crippen LogP contribution in [0.1, 0.15) is 5.56 Å². The minimum Gasteiger partial charge on any atom is -0.504 e. The molecule has 1 heterocycles. The molecule has 0 fully saturated rings. The van der Waals surface area contributed by atoms with Crippen LogP contribution in [0.5, 0.6) is 11.5 Å². The number of nitrogens with one attached hydrogen (secondary N) is 2. The van der Waals surface area contributed by atoms with Crippen LogP contribution in [0.2, 0.25) is 0 Å². The molecule has 28 heavy (non-hydrogen) atoms. The maximum atomic E-state index is 11.9. The van der Waals surface area contributed by atoms with Gasteiger partial charge in [-0.15, -0.1) is 0 Å². The second-order valence-electron chi connectivity index (χ2n) is 5.56. The summed E-state index contributed by atoms with van der Waals surface area (Å²) in [4.78, 5) is 29.2. The molecule has 3 N–H and O–H groups in total. The molecule has 3 aromatic rings. The van der Waals surface area contributed by atoms with Gasteiger partial charge in [-0.05, 0) is 6.07 Å². The minimum atomic E-state index is -0.626. The number of ether oxygens (including phenoxy) is 1. The molecule has 0 aliphatic carbocycles. The third-order valence-corrected chi connectivity index (χ3v) is 3.71. The molecule has 0 radical (unpaired) electrons. The van der Waals surface area contributed by atoms with Crippen molar-refractivity contribution in [2.45, 2.75) is 0 Å². The summed E-state index contributed by atoms with van der Waals surface area (Å²) in [7, 11) is 1.29. The van der Waals surface area contributed by atoms with E-state index in [1.807, 2.05) is 18.2 Å². The Hall–Kier alpha value is -4.21. The third-order valence-electron chi connectivity index (χ3n) is 3.71. The first-order valence-corrected chi connectivity index (χ1v) is 7.99. The number of aromatic nitrogens is 2. The highest BCUT2D eigenvalue weighted by Gasteiger charge is 2.17. The molecular weight excluding hydrogens is 366 g/mol. The number of phenolic OH excluding ortho intramolecular Hbond substituents is 1. The van der Waals surface area contributed by atoms with Gasteiger partial charge in [0.2, 0.25) is 5.95 Å². The molecular formula is C18H15N5O5. The molecule has 3 rings (SSSR count). The van der Waals surface area contributed by atoms with Crippen molar-refractivity contribution in [2.75, 3.05) is 12.5 Å². The smallest absolute Gasteiger partial charge is 0.282 e. The Morgan fingerprint density at radius 1 is 1.29 bits per heavy atom. The number of nitro benzene ring substituents is 1. The predicted molar refractivity (Wildman–Crippen MR) is 103 cm³/mol. The van der Waals surface area contributed by atoms with Crippen molar-refractivity contribution >= 4 is 17.9 Å². The molecule has 0 aliphatic rings. The second-order valence-corrected chi connectivity index (χ2v) is 5.56. The van der Waals surface area contributed by atoms with Gasteiger partial charge < -0.3 is 9.84 Å². The van der Waals surface area contributed by atoms with Crippen molar-refractivity contribution in [3.8, 4) is 22.8 Å². The minimum absolute atomic E-state index is 0.0293. The number of anilines is 1. The summed E-state index contributed by atoms with van der Waals surface area (Å²) in [5, 5.41) is 24.9. The van der Waals surface area contributed by atoms with Crippen LogP contribution < -0.4 is 15.7 Å². The average Bonchev–Trinajstić information content (AvgIpc) is 2.68. The number of H-pyrrole nitrogens is 1. The van der Waals surface area contributed by atoms with Gasteiger partial charge in [0.05, 0.1) is 35.6 Å². The number of phenols is 1. The van der Waals surface area contributed by atoms with E-state index in [2.05, 4.69) is 20.5 Å². The maximum absolute atomic E-state index is 11.9. The van der Waals surface area contributed by atoms with Crippen molar-refractivity contribution in [3.63, 3.8) is 0 Å². The Balaban J connectivity index is 1.88. The molecule has 10 nitrogen and oxygen atoms in total. The third kappa shape index (κ3) is 4.12. The summed E-state index contributed by atoms with van der Waals surface area (Å²) >= 11 is 0. The lowest BCUT2D eigenvalue weighted by Crippen LogP contribution is -2.10. The van der Waals surface area contributed by atoms with Gasteiger partial charge in [-0.1, -0.05) is 30.3 Å². The summed E-state index contributed by atoms with van der Waals surface area (Å²) in [6, 6.07) is 12.7. The van der Waals surface area contributed by atoms with Gasteiger partial charge in [-0.2, -0.15) is 5.10 Å². The quantitative estimate of drug-likeness (QED) is 0.338. The van der Waals surface area contributed by atoms with Crippen molar-refractivity contribution in [1.29, 1.82) is 0 Å². The molecule has 0 saturated heterocycles. The largest absolute Gasteiger partial charge is 0.504 e. The van der Waals surface area contributed by atoms with E-state index in [0.29, 0.717) is 5.69 Å². The number of rotatable bonds is 6. The number of nitro groups is 1. The first kappa shape index (κ1) is 18.6. The average molecular weight is 381 g/mol. The number of aromatic hydroxyl groups is 1. The Kier molecular flexibility index (Phi) is 5.30. The zero-order valence-corrected chi connectivity index (χ0v) is 14.6. The fourth-order valence-corrected chi connectivity index (χ4v) is 2.43. The summed E-state index contributed by atoms with van der Waals surface area (Å²) in [6.45, 7) is 0. The maximum Gasteiger partial charge on any atom is 0.282 e. The van der Waals surface area contributed by atoms with Crippen LogP contribution in [0, 0.1) is 10.1 Å². The molecule has 0 aliphatic heterocycles. The van der Waals surface area contributed by atoms with Crippen LogP contribution in [-0.4, -0.2) is 33.3 Å². The molecule has 0 spiro atoms. The monoisotopic (exact) mass is 381 g/mol. The molecule has 0 atom stereocenters. The lowest BCUT2D eigenvalue weighted by molar-refractivity contribution is -0.385. The molecule has 1 aromatic heterocycles. The molecule has 0 saturated carbocycles. The first-order valence-electron chi connectivity index (χ1n) is 7.99. The SMILES string of the molecule is COc1cc([N+](=O)[O-])c(/C=N/Nc2nc(-c3ccccc3)cc(=O)[nH]2)cc1O. The lowest BCUT2D eigenvalue weighted by Gasteiger charge is -2.05. The van der Waals surface area contributed by atoms with E-state index in [4.69, 9.17) is 4.74 Å². The molecule has 2 aromatic carbocycles. The number of hydrazone groups is 1. The highest BCUT2D eigenvalue weighted by molar-refractivity contribution is 5.87. The van der Waals surface area contributed by atoms with Crippen LogP contribution in [0.25, 0.3) is 11.3 Å². The van der Waals surface area contributed by atoms with Crippen LogP contribution in [-0.2, 0) is 0 Å². The van der Waals surface area contributed by atoms with Crippen LogP contribution in [0.3, 0.4) is 0 Å². The van der Waals surface area contributed by atoms with Gasteiger partial charge in [0.1, 0.15) is 0 Å². The van der Waals surface area contributed by atoms with Gasteiger partial charge in [0, 0.05) is 11.6 Å². The van der Waals surface area contributed by atoms with Crippen molar-refractivity contribution in [3.05, 3.63) is 74.6 Å². The normalized spacial score (nSPS) is 10.8. The highest BCUT2D eigenvalue weighted by Crippen LogP contribution is 2.32. The summed E-state index contributed by atoms with van der Waals surface area (Å²) in [5.74, 6) is -0.242. The van der Waals surface area contributed by atoms with E-state index in [1.54, 1.807) is 12.1 Å². The van der Waals surface area contributed by atoms with E-state index in [1.165, 1.54) is 13.2 Å². The van der Waals surface area contributed by atoms with Crippen molar-refractivity contribution in [1.82, 2.24) is 9.97 Å². The zero-order chi connectivity index (χ0) is 20.1. The van der Waals surface area contributed by atoms with Gasteiger partial charge in [0.25, 0.3) is 11.2 Å². The molecule has 10 heteroatoms. The second kappa shape index (κ2) is 7.99. The summed E-state index contributed by atoms with van der Waals surface area (Å²) < 4.78 is 4.87. The van der Waals surface area contributed by atoms with Crippen LogP contribution in [0.15, 0.2) is 58.4 Å². The first-order chi connectivity index (χ1) is 13.5. The number of hydrogen-bond acceptors (Lipinski definition) is 8. The molecule has 0 bridgehead atoms. The standard InChI is InChI=1S/C18H15N5O5/c1-28-16-9-14(23(26)27)12(7-15(16)24)10-19-22-18-20-13(8-17(25)21-18)11-5-3-2-4-6-11/h2-10,24H,1H3,(H2,20,21,22,25)/b19-10+. The number of methoxy groups -OCH3 is 1. The van der Waals surface area contributed by atoms with Gasteiger partial charge in [-0.3, -0.25) is 19.9 Å².